The molecule has 0 spiro atoms. The maximum Gasteiger partial charge on any atom is 0.481 e. The summed E-state index contributed by atoms with van der Waals surface area (Å²) >= 11 is 0. The van der Waals surface area contributed by atoms with Gasteiger partial charge >= 0.3 is 21.3 Å². The summed E-state index contributed by atoms with van der Waals surface area (Å²) in [6, 6.07) is 1.26. The lowest BCUT2D eigenvalue weighted by Gasteiger charge is -2.19. The van der Waals surface area contributed by atoms with E-state index < -0.39 is 52.5 Å². The fourth-order valence-corrected chi connectivity index (χ4v) is 4.47. The molecule has 0 bridgehead atoms. The van der Waals surface area contributed by atoms with Crippen LogP contribution in [0.1, 0.15) is 6.23 Å². The Morgan fingerprint density at radius 2 is 1.87 bits per heavy atom. The summed E-state index contributed by atoms with van der Waals surface area (Å²) in [6.07, 6.45) is -4.82. The maximum atomic E-state index is 11.9. The highest BCUT2D eigenvalue weighted by molar-refractivity contribution is 7.61. The van der Waals surface area contributed by atoms with Crippen molar-refractivity contribution in [2.75, 3.05) is 39.6 Å². The fraction of sp³-hybridized carbons (Fsp3) is 0.692. The fourth-order valence-electron chi connectivity index (χ4n) is 2.40. The summed E-state index contributed by atoms with van der Waals surface area (Å²) in [5, 5.41) is 20.2. The smallest absolute Gasteiger partial charge is 0.387 e. The third-order valence-corrected chi connectivity index (χ3v) is 6.50. The van der Waals surface area contributed by atoms with E-state index in [0.29, 0.717) is 0 Å². The number of rotatable bonds is 10. The second-order valence-electron chi connectivity index (χ2n) is 6.54. The molecule has 1 aliphatic rings. The molecule has 1 aromatic heterocycles. The van der Waals surface area contributed by atoms with E-state index in [1.807, 2.05) is 0 Å². The molecule has 1 aliphatic heterocycles. The third kappa shape index (κ3) is 6.90. The number of nitrogen functional groups attached to an aromatic ring is 1. The van der Waals surface area contributed by atoms with Crippen LogP contribution in [0.5, 0.6) is 0 Å². The number of nitrogens with two attached hydrogens (primary N) is 1. The number of aromatic nitrogens is 2. The molecule has 0 amide bonds. The largest absolute Gasteiger partial charge is 0.481 e. The zero-order valence-corrected chi connectivity index (χ0v) is 17.8. The number of aliphatic hydroxyl groups is 2. The Balaban J connectivity index is 1.96. The number of ether oxygens (including phenoxy) is 1. The van der Waals surface area contributed by atoms with Crippen molar-refractivity contribution in [3.05, 3.63) is 22.7 Å². The predicted octanol–water partition coefficient (Wildman–Crippen LogP) is -1.90. The van der Waals surface area contributed by atoms with Crippen LogP contribution in [0.3, 0.4) is 0 Å². The summed E-state index contributed by atoms with van der Waals surface area (Å²) in [6.45, 7) is -0.841. The molecule has 171 valence electrons. The average molecular weight is 474 g/mol. The molecule has 30 heavy (non-hydrogen) atoms. The average Bonchev–Trinajstić information content (AvgIpc) is 2.87. The van der Waals surface area contributed by atoms with Crippen molar-refractivity contribution in [1.82, 2.24) is 14.5 Å². The minimum absolute atomic E-state index is 0.0660. The summed E-state index contributed by atoms with van der Waals surface area (Å²) in [5.41, 5.74) is 4.52. The zero-order chi connectivity index (χ0) is 22.7. The van der Waals surface area contributed by atoms with Crippen LogP contribution in [0.15, 0.2) is 17.1 Å². The van der Waals surface area contributed by atoms with Crippen molar-refractivity contribution < 1.29 is 47.2 Å². The molecule has 15 nitrogen and oxygen atoms in total. The molecule has 6 unspecified atom stereocenters. The Bertz CT molecular complexity index is 881. The van der Waals surface area contributed by atoms with Crippen LogP contribution < -0.4 is 16.3 Å². The van der Waals surface area contributed by atoms with Crippen molar-refractivity contribution in [2.45, 2.75) is 24.5 Å². The highest BCUT2D eigenvalue weighted by atomic mass is 31.3. The van der Waals surface area contributed by atoms with Crippen molar-refractivity contribution in [3.8, 4) is 0 Å². The molecular weight excluding hydrogens is 450 g/mol. The quantitative estimate of drug-likeness (QED) is 0.185. The topological polar surface area (TPSA) is 219 Å². The van der Waals surface area contributed by atoms with E-state index in [-0.39, 0.29) is 19.0 Å². The highest BCUT2D eigenvalue weighted by Crippen LogP contribution is 2.60. The van der Waals surface area contributed by atoms with Crippen LogP contribution in [0, 0.1) is 0 Å². The molecule has 0 saturated carbocycles. The van der Waals surface area contributed by atoms with Crippen LogP contribution in [-0.4, -0.2) is 81.7 Å². The molecule has 1 aromatic rings. The van der Waals surface area contributed by atoms with Gasteiger partial charge < -0.3 is 30.5 Å². The van der Waals surface area contributed by atoms with Crippen LogP contribution >= 0.6 is 15.6 Å². The molecular formula is C13H24N4O11P2+. The number of phosphoric acid groups is 2. The summed E-state index contributed by atoms with van der Waals surface area (Å²) < 4.78 is 43.1. The molecule has 6 N–H and O–H groups in total. The van der Waals surface area contributed by atoms with Gasteiger partial charge in [0.15, 0.2) is 6.23 Å². The predicted molar refractivity (Wildman–Crippen MR) is 100 cm³/mol. The SMILES string of the molecule is C[N+](C)CCOP(=O)(O)OP(=O)(O)OCC1OC(n2ccc(N)nc2=O)C(O)C1O. The number of hydrogen-bond acceptors (Lipinski definition) is 12. The van der Waals surface area contributed by atoms with E-state index in [2.05, 4.69) is 18.3 Å². The van der Waals surface area contributed by atoms with E-state index in [9.17, 15) is 33.9 Å². The van der Waals surface area contributed by atoms with Gasteiger partial charge in [-0.05, 0) is 6.07 Å². The summed E-state index contributed by atoms with van der Waals surface area (Å²) in [5.74, 6) is -0.0660. The highest BCUT2D eigenvalue weighted by Gasteiger charge is 2.46. The lowest BCUT2D eigenvalue weighted by molar-refractivity contribution is -0.0542. The molecule has 0 aromatic carbocycles. The van der Waals surface area contributed by atoms with Gasteiger partial charge in [-0.1, -0.05) is 0 Å². The second-order valence-corrected chi connectivity index (χ2v) is 9.58. The lowest BCUT2D eigenvalue weighted by atomic mass is 10.1. The Morgan fingerprint density at radius 1 is 1.23 bits per heavy atom. The molecule has 2 heterocycles. The molecule has 6 atom stereocenters. The first-order valence-corrected chi connectivity index (χ1v) is 11.5. The first-order chi connectivity index (χ1) is 13.8. The Labute approximate surface area is 170 Å². The van der Waals surface area contributed by atoms with Crippen LogP contribution in [0.25, 0.3) is 0 Å². The molecule has 1 saturated heterocycles. The van der Waals surface area contributed by atoms with Crippen molar-refractivity contribution in [2.24, 2.45) is 0 Å². The first kappa shape index (κ1) is 25.0. The van der Waals surface area contributed by atoms with Gasteiger partial charge in [0.25, 0.3) is 0 Å². The monoisotopic (exact) mass is 474 g/mol. The van der Waals surface area contributed by atoms with Gasteiger partial charge in [-0.25, -0.2) is 13.9 Å². The molecule has 2 rings (SSSR count). The van der Waals surface area contributed by atoms with Gasteiger partial charge in [-0.2, -0.15) is 14.2 Å². The van der Waals surface area contributed by atoms with Gasteiger partial charge in [-0.3, -0.25) is 13.6 Å². The zero-order valence-electron chi connectivity index (χ0n) is 16.0. The minimum Gasteiger partial charge on any atom is -0.387 e. The van der Waals surface area contributed by atoms with E-state index in [1.54, 1.807) is 19.0 Å². The van der Waals surface area contributed by atoms with Gasteiger partial charge in [0.1, 0.15) is 51.4 Å². The number of nitrogens with zero attached hydrogens (tertiary/aromatic N) is 3. The number of hydrogen-bond donors (Lipinski definition) is 5. The van der Waals surface area contributed by atoms with Gasteiger partial charge in [-0.15, -0.1) is 0 Å². The van der Waals surface area contributed by atoms with Crippen molar-refractivity contribution >= 4 is 21.5 Å². The van der Waals surface area contributed by atoms with Crippen molar-refractivity contribution in [3.63, 3.8) is 0 Å². The minimum atomic E-state index is -5.11. The second kappa shape index (κ2) is 9.94. The third-order valence-electron chi connectivity index (χ3n) is 3.86. The van der Waals surface area contributed by atoms with Crippen LogP contribution in [-0.2, 0) is 27.2 Å². The molecule has 17 heteroatoms. The molecule has 1 radical (unpaired) electrons. The number of phosphoric ester groups is 2. The Hall–Kier alpha value is -1.22. The Kier molecular flexibility index (Phi) is 8.29. The van der Waals surface area contributed by atoms with E-state index >= 15 is 0 Å². The lowest BCUT2D eigenvalue weighted by Crippen LogP contribution is -2.36. The van der Waals surface area contributed by atoms with Crippen molar-refractivity contribution in [1.29, 1.82) is 0 Å². The van der Waals surface area contributed by atoms with E-state index in [0.717, 1.165) is 4.57 Å². The Morgan fingerprint density at radius 3 is 2.47 bits per heavy atom. The molecule has 0 aliphatic carbocycles. The first-order valence-electron chi connectivity index (χ1n) is 8.48. The van der Waals surface area contributed by atoms with Gasteiger partial charge in [0.05, 0.1) is 6.61 Å². The normalized spacial score (nSPS) is 28.4. The van der Waals surface area contributed by atoms with Crippen LogP contribution in [0.2, 0.25) is 0 Å². The van der Waals surface area contributed by atoms with E-state index in [1.165, 1.54) is 12.3 Å². The van der Waals surface area contributed by atoms with Crippen LogP contribution in [0.4, 0.5) is 5.82 Å². The maximum absolute atomic E-state index is 11.9. The standard InChI is InChI=1S/C13H24N4O11P2/c1-16(2)5-6-25-29(21,22)28-30(23,24)26-7-8-10(18)11(19)12(27-8)17-4-3-9(14)15-13(17)20/h3-4,8,10-12,18-19H,5-7H2,1-2H3,(H,21,22)(H,23,24)(H2,14,15,20)/q+1. The van der Waals surface area contributed by atoms with E-state index in [4.69, 9.17) is 10.5 Å². The van der Waals surface area contributed by atoms with Gasteiger partial charge in [0.2, 0.25) is 0 Å². The summed E-state index contributed by atoms with van der Waals surface area (Å²) in [4.78, 5) is 36.1. The number of likely N-dealkylation sites (N-methyl/N-ethyl adjacent to an activating group) is 1. The molecule has 1 fully saturated rings. The number of anilines is 1. The number of aliphatic hydroxyl groups excluding tert-OH is 2. The summed E-state index contributed by atoms with van der Waals surface area (Å²) in [7, 11) is -6.67. The van der Waals surface area contributed by atoms with Gasteiger partial charge in [0, 0.05) is 6.20 Å².